The molecule has 3 atom stereocenters. The molecule has 1 fully saturated rings. The quantitative estimate of drug-likeness (QED) is 0.303. The second-order valence-electron chi connectivity index (χ2n) is 6.72. The maximum absolute atomic E-state index is 13.0. The minimum atomic E-state index is -4.98. The summed E-state index contributed by atoms with van der Waals surface area (Å²) >= 11 is 11.6. The third kappa shape index (κ3) is 5.91. The molecule has 2 aromatic rings. The van der Waals surface area contributed by atoms with Gasteiger partial charge in [0.05, 0.1) is 5.56 Å². The molecule has 1 aliphatic rings. The lowest BCUT2D eigenvalue weighted by molar-refractivity contribution is -0.111. The van der Waals surface area contributed by atoms with E-state index in [1.54, 1.807) is 0 Å². The molecule has 9 nitrogen and oxygen atoms in total. The predicted molar refractivity (Wildman–Crippen MR) is 109 cm³/mol. The first-order valence-electron chi connectivity index (χ1n) is 8.83. The molecule has 2 aromatic carbocycles. The fourth-order valence-corrected chi connectivity index (χ4v) is 3.72. The molecule has 166 valence electrons. The maximum atomic E-state index is 13.0. The van der Waals surface area contributed by atoms with E-state index in [4.69, 9.17) is 42.5 Å². The van der Waals surface area contributed by atoms with E-state index in [1.807, 2.05) is 0 Å². The zero-order valence-corrected chi connectivity index (χ0v) is 18.1. The molecule has 3 rings (SSSR count). The topological polar surface area (TPSA) is 140 Å². The van der Waals surface area contributed by atoms with Crippen LogP contribution >= 0.6 is 31.0 Å². The fourth-order valence-electron chi connectivity index (χ4n) is 3.03. The normalized spacial score (nSPS) is 23.5. The highest BCUT2D eigenvalue weighted by molar-refractivity contribution is 7.46. The van der Waals surface area contributed by atoms with Gasteiger partial charge in [0.2, 0.25) is 0 Å². The molecule has 0 aliphatic carbocycles. The summed E-state index contributed by atoms with van der Waals surface area (Å²) in [7, 11) is -4.98. The number of esters is 1. The summed E-state index contributed by atoms with van der Waals surface area (Å²) in [4.78, 5) is 43.3. The number of ether oxygens (including phenoxy) is 2. The van der Waals surface area contributed by atoms with Crippen LogP contribution in [0.4, 0.5) is 0 Å². The standard InChI is InChI=1S/C19H17Cl2O9P/c20-13-5-1-11(2-6-13)17(22)19(24)9-16(30-31(25,26)27)29-15(19)10-28-18(23)12-3-7-14(21)8-4-12/h1-8,15-16,24H,9-10H2,(H2,25,26,27)/t15-,16-,19+/m1/s1. The number of ketones is 1. The molecule has 0 bridgehead atoms. The van der Waals surface area contributed by atoms with Gasteiger partial charge in [0.15, 0.2) is 17.7 Å². The second-order valence-corrected chi connectivity index (χ2v) is 8.78. The van der Waals surface area contributed by atoms with E-state index in [2.05, 4.69) is 4.52 Å². The van der Waals surface area contributed by atoms with Crippen molar-refractivity contribution in [2.45, 2.75) is 24.4 Å². The predicted octanol–water partition coefficient (Wildman–Crippen LogP) is 2.99. The Kier molecular flexibility index (Phi) is 7.20. The molecule has 1 saturated heterocycles. The third-order valence-electron chi connectivity index (χ3n) is 4.53. The van der Waals surface area contributed by atoms with Gasteiger partial charge >= 0.3 is 13.8 Å². The smallest absolute Gasteiger partial charge is 0.459 e. The van der Waals surface area contributed by atoms with Gasteiger partial charge in [-0.2, -0.15) is 0 Å². The van der Waals surface area contributed by atoms with Crippen LogP contribution < -0.4 is 0 Å². The molecule has 0 aromatic heterocycles. The number of carbonyl (C=O) groups is 2. The summed E-state index contributed by atoms with van der Waals surface area (Å²) in [6.45, 7) is -0.585. The SMILES string of the molecule is O=C(OC[C@H]1O[C@H](OP(=O)(O)O)C[C@@]1(O)C(=O)c1ccc(Cl)cc1)c1ccc(Cl)cc1. The van der Waals surface area contributed by atoms with Crippen LogP contribution in [0.25, 0.3) is 0 Å². The zero-order chi connectivity index (χ0) is 22.8. The van der Waals surface area contributed by atoms with E-state index in [-0.39, 0.29) is 11.1 Å². The van der Waals surface area contributed by atoms with Crippen LogP contribution in [0.1, 0.15) is 27.1 Å². The highest BCUT2D eigenvalue weighted by atomic mass is 35.5. The molecular formula is C19H17Cl2O9P. The number of Topliss-reactive ketones (excluding diaryl/α,β-unsaturated/α-hetero) is 1. The molecular weight excluding hydrogens is 474 g/mol. The Labute approximate surface area is 186 Å². The number of phosphoric ester groups is 1. The number of benzene rings is 2. The molecule has 0 unspecified atom stereocenters. The molecule has 1 heterocycles. The van der Waals surface area contributed by atoms with Crippen molar-refractivity contribution >= 4 is 42.8 Å². The van der Waals surface area contributed by atoms with Gasteiger partial charge in [0.25, 0.3) is 0 Å². The number of rotatable bonds is 7. The molecule has 0 radical (unpaired) electrons. The Morgan fingerprint density at radius 3 is 2.06 bits per heavy atom. The Balaban J connectivity index is 1.80. The van der Waals surface area contributed by atoms with Crippen LogP contribution in [0.5, 0.6) is 0 Å². The van der Waals surface area contributed by atoms with Crippen LogP contribution in [0, 0.1) is 0 Å². The summed E-state index contributed by atoms with van der Waals surface area (Å²) in [6.07, 6.45) is -3.66. The lowest BCUT2D eigenvalue weighted by Crippen LogP contribution is -2.48. The Morgan fingerprint density at radius 1 is 1.03 bits per heavy atom. The van der Waals surface area contributed by atoms with E-state index in [0.717, 1.165) is 0 Å². The minimum absolute atomic E-state index is 0.0707. The van der Waals surface area contributed by atoms with E-state index in [0.29, 0.717) is 10.0 Å². The monoisotopic (exact) mass is 490 g/mol. The lowest BCUT2D eigenvalue weighted by Gasteiger charge is -2.26. The van der Waals surface area contributed by atoms with Gasteiger partial charge in [-0.05, 0) is 48.5 Å². The summed E-state index contributed by atoms with van der Waals surface area (Å²) in [5.74, 6) is -1.59. The molecule has 12 heteroatoms. The third-order valence-corrected chi connectivity index (χ3v) is 5.54. The van der Waals surface area contributed by atoms with Crippen LogP contribution in [0.15, 0.2) is 48.5 Å². The summed E-state index contributed by atoms with van der Waals surface area (Å²) in [6, 6.07) is 11.4. The lowest BCUT2D eigenvalue weighted by atomic mass is 9.86. The number of hydrogen-bond acceptors (Lipinski definition) is 7. The fraction of sp³-hybridized carbons (Fsp3) is 0.263. The average Bonchev–Trinajstić information content (AvgIpc) is 3.01. The van der Waals surface area contributed by atoms with Gasteiger partial charge in [0, 0.05) is 22.0 Å². The van der Waals surface area contributed by atoms with E-state index in [1.165, 1.54) is 48.5 Å². The van der Waals surface area contributed by atoms with Crippen molar-refractivity contribution in [3.63, 3.8) is 0 Å². The summed E-state index contributed by atoms with van der Waals surface area (Å²) < 4.78 is 26.1. The van der Waals surface area contributed by atoms with Gasteiger partial charge in [0.1, 0.15) is 12.7 Å². The van der Waals surface area contributed by atoms with Crippen molar-refractivity contribution in [1.29, 1.82) is 0 Å². The van der Waals surface area contributed by atoms with Crippen molar-refractivity contribution in [3.8, 4) is 0 Å². The maximum Gasteiger partial charge on any atom is 0.471 e. The molecule has 0 amide bonds. The minimum Gasteiger partial charge on any atom is -0.459 e. The first-order chi connectivity index (χ1) is 14.5. The van der Waals surface area contributed by atoms with Crippen LogP contribution in [-0.4, -0.2) is 51.2 Å². The van der Waals surface area contributed by atoms with Crippen molar-refractivity contribution < 1.29 is 43.0 Å². The first kappa shape index (κ1) is 23.8. The highest BCUT2D eigenvalue weighted by Gasteiger charge is 2.55. The molecule has 3 N–H and O–H groups in total. The molecule has 0 saturated carbocycles. The van der Waals surface area contributed by atoms with Crippen molar-refractivity contribution in [1.82, 2.24) is 0 Å². The van der Waals surface area contributed by atoms with E-state index < -0.39 is 50.6 Å². The molecule has 1 aliphatic heterocycles. The van der Waals surface area contributed by atoms with Crippen LogP contribution in [0.3, 0.4) is 0 Å². The van der Waals surface area contributed by atoms with Gasteiger partial charge < -0.3 is 24.4 Å². The van der Waals surface area contributed by atoms with Crippen LogP contribution in [-0.2, 0) is 18.6 Å². The van der Waals surface area contributed by atoms with E-state index in [9.17, 15) is 19.3 Å². The van der Waals surface area contributed by atoms with Gasteiger partial charge in [-0.1, -0.05) is 23.2 Å². The largest absolute Gasteiger partial charge is 0.471 e. The number of hydrogen-bond donors (Lipinski definition) is 3. The van der Waals surface area contributed by atoms with Gasteiger partial charge in [-0.3, -0.25) is 9.32 Å². The van der Waals surface area contributed by atoms with Gasteiger partial charge in [-0.25, -0.2) is 9.36 Å². The first-order valence-corrected chi connectivity index (χ1v) is 11.1. The van der Waals surface area contributed by atoms with E-state index >= 15 is 0 Å². The summed E-state index contributed by atoms with van der Waals surface area (Å²) in [5, 5.41) is 11.9. The molecule has 0 spiro atoms. The number of phosphoric acid groups is 1. The number of carbonyl (C=O) groups excluding carboxylic acids is 2. The van der Waals surface area contributed by atoms with Crippen molar-refractivity contribution in [3.05, 3.63) is 69.7 Å². The van der Waals surface area contributed by atoms with Crippen molar-refractivity contribution in [2.24, 2.45) is 0 Å². The van der Waals surface area contributed by atoms with Crippen LogP contribution in [0.2, 0.25) is 10.0 Å². The summed E-state index contributed by atoms with van der Waals surface area (Å²) in [5.41, 5.74) is -2.05. The highest BCUT2D eigenvalue weighted by Crippen LogP contribution is 2.44. The number of aliphatic hydroxyl groups is 1. The Hall–Kier alpha value is -1.81. The van der Waals surface area contributed by atoms with Crippen molar-refractivity contribution in [2.75, 3.05) is 6.61 Å². The zero-order valence-electron chi connectivity index (χ0n) is 15.7. The average molecular weight is 491 g/mol. The van der Waals surface area contributed by atoms with Gasteiger partial charge in [-0.15, -0.1) is 0 Å². The Bertz CT molecular complexity index is 1010. The second kappa shape index (κ2) is 9.36. The Morgan fingerprint density at radius 2 is 1.55 bits per heavy atom. The molecule has 31 heavy (non-hydrogen) atoms. The number of halogens is 2.